The summed E-state index contributed by atoms with van der Waals surface area (Å²) in [5.74, 6) is 0. The Balaban J connectivity index is 2.29. The summed E-state index contributed by atoms with van der Waals surface area (Å²) in [6, 6.07) is 5.58. The summed E-state index contributed by atoms with van der Waals surface area (Å²) in [6.07, 6.45) is 3.99. The molecule has 1 aromatic carbocycles. The molecule has 1 heterocycles. The first-order valence-corrected chi connectivity index (χ1v) is 9.36. The summed E-state index contributed by atoms with van der Waals surface area (Å²) >= 11 is 0. The van der Waals surface area contributed by atoms with Crippen molar-refractivity contribution in [2.45, 2.75) is 51.0 Å². The maximum absolute atomic E-state index is 12.7. The minimum absolute atomic E-state index is 0.439. The first kappa shape index (κ1) is 16.5. The quantitative estimate of drug-likeness (QED) is 0.878. The first-order chi connectivity index (χ1) is 10.1. The van der Waals surface area contributed by atoms with Crippen molar-refractivity contribution < 1.29 is 8.42 Å². The number of nitrogens with one attached hydrogen (secondary N) is 1. The average Bonchev–Trinajstić information content (AvgIpc) is 2.53. The highest BCUT2D eigenvalue weighted by molar-refractivity contribution is 7.89. The molecule has 1 aliphatic rings. The summed E-state index contributed by atoms with van der Waals surface area (Å²) in [6.45, 7) is 7.07. The molecule has 1 fully saturated rings. The first-order valence-electron chi connectivity index (χ1n) is 7.92. The molecule has 21 heavy (non-hydrogen) atoms. The second kappa shape index (κ2) is 7.38. The number of aryl methyl sites for hydroxylation is 1. The maximum Gasteiger partial charge on any atom is 0.243 e. The largest absolute Gasteiger partial charge is 0.313 e. The number of rotatable bonds is 6. The summed E-state index contributed by atoms with van der Waals surface area (Å²) in [7, 11) is -3.33. The topological polar surface area (TPSA) is 49.4 Å². The standard InChI is InChI=1S/C16H26N2O2S/c1-3-14-8-9-16(12-15(14)13-17-4-2)21(19,20)18-10-6-5-7-11-18/h8-9,12,17H,3-7,10-11,13H2,1-2H3. The van der Waals surface area contributed by atoms with Gasteiger partial charge in [0.1, 0.15) is 0 Å². The van der Waals surface area contributed by atoms with Gasteiger partial charge in [0.2, 0.25) is 10.0 Å². The van der Waals surface area contributed by atoms with E-state index in [0.717, 1.165) is 44.3 Å². The van der Waals surface area contributed by atoms with Gasteiger partial charge < -0.3 is 5.32 Å². The summed E-state index contributed by atoms with van der Waals surface area (Å²) in [4.78, 5) is 0.439. The molecule has 4 nitrogen and oxygen atoms in total. The van der Waals surface area contributed by atoms with E-state index in [1.54, 1.807) is 10.4 Å². The molecular formula is C16H26N2O2S. The van der Waals surface area contributed by atoms with Crippen molar-refractivity contribution in [2.75, 3.05) is 19.6 Å². The molecule has 0 radical (unpaired) electrons. The third kappa shape index (κ3) is 3.84. The fraction of sp³-hybridized carbons (Fsp3) is 0.625. The average molecular weight is 310 g/mol. The van der Waals surface area contributed by atoms with E-state index in [-0.39, 0.29) is 0 Å². The van der Waals surface area contributed by atoms with Crippen molar-refractivity contribution in [1.29, 1.82) is 0 Å². The minimum atomic E-state index is -3.33. The monoisotopic (exact) mass is 310 g/mol. The van der Waals surface area contributed by atoms with E-state index >= 15 is 0 Å². The van der Waals surface area contributed by atoms with Gasteiger partial charge >= 0.3 is 0 Å². The Morgan fingerprint density at radius 3 is 2.43 bits per heavy atom. The molecule has 0 spiro atoms. The van der Waals surface area contributed by atoms with Crippen LogP contribution >= 0.6 is 0 Å². The molecule has 1 aromatic rings. The van der Waals surface area contributed by atoms with Crippen molar-refractivity contribution in [3.05, 3.63) is 29.3 Å². The Hall–Kier alpha value is -0.910. The van der Waals surface area contributed by atoms with E-state index in [2.05, 4.69) is 19.2 Å². The lowest BCUT2D eigenvalue weighted by molar-refractivity contribution is 0.346. The molecule has 1 N–H and O–H groups in total. The van der Waals surface area contributed by atoms with Gasteiger partial charge in [0.15, 0.2) is 0 Å². The molecule has 0 aliphatic carbocycles. The van der Waals surface area contributed by atoms with Crippen molar-refractivity contribution in [3.63, 3.8) is 0 Å². The second-order valence-corrected chi connectivity index (χ2v) is 7.47. The molecule has 0 amide bonds. The van der Waals surface area contributed by atoms with Crippen LogP contribution in [0, 0.1) is 0 Å². The van der Waals surface area contributed by atoms with Gasteiger partial charge in [-0.05, 0) is 49.1 Å². The van der Waals surface area contributed by atoms with Gasteiger partial charge in [-0.2, -0.15) is 4.31 Å². The number of hydrogen-bond acceptors (Lipinski definition) is 3. The highest BCUT2D eigenvalue weighted by atomic mass is 32.2. The number of benzene rings is 1. The molecule has 0 aromatic heterocycles. The van der Waals surface area contributed by atoms with Crippen LogP contribution in [0.1, 0.15) is 44.2 Å². The molecule has 118 valence electrons. The Kier molecular flexibility index (Phi) is 5.79. The molecule has 0 saturated carbocycles. The van der Waals surface area contributed by atoms with Gasteiger partial charge in [-0.1, -0.05) is 26.3 Å². The normalized spacial score (nSPS) is 17.0. The van der Waals surface area contributed by atoms with Gasteiger partial charge in [0.05, 0.1) is 4.90 Å². The van der Waals surface area contributed by atoms with Crippen LogP contribution in [-0.2, 0) is 23.0 Å². The van der Waals surface area contributed by atoms with E-state index in [1.165, 1.54) is 5.56 Å². The minimum Gasteiger partial charge on any atom is -0.313 e. The van der Waals surface area contributed by atoms with Crippen LogP contribution in [0.25, 0.3) is 0 Å². The van der Waals surface area contributed by atoms with E-state index < -0.39 is 10.0 Å². The van der Waals surface area contributed by atoms with E-state index in [0.29, 0.717) is 18.0 Å². The lowest BCUT2D eigenvalue weighted by atomic mass is 10.1. The van der Waals surface area contributed by atoms with Crippen molar-refractivity contribution >= 4 is 10.0 Å². The smallest absolute Gasteiger partial charge is 0.243 e. The zero-order valence-corrected chi connectivity index (χ0v) is 13.9. The number of piperidine rings is 1. The fourth-order valence-electron chi connectivity index (χ4n) is 2.79. The highest BCUT2D eigenvalue weighted by Crippen LogP contribution is 2.23. The van der Waals surface area contributed by atoms with Gasteiger partial charge in [0, 0.05) is 19.6 Å². The molecule has 0 bridgehead atoms. The van der Waals surface area contributed by atoms with Crippen LogP contribution in [0.4, 0.5) is 0 Å². The predicted octanol–water partition coefficient (Wildman–Crippen LogP) is 2.53. The Morgan fingerprint density at radius 2 is 1.81 bits per heavy atom. The van der Waals surface area contributed by atoms with Gasteiger partial charge in [-0.15, -0.1) is 0 Å². The lowest BCUT2D eigenvalue weighted by Crippen LogP contribution is -2.35. The Bertz CT molecular complexity index is 564. The summed E-state index contributed by atoms with van der Waals surface area (Å²) in [5, 5.41) is 3.29. The SMILES string of the molecule is CCNCc1cc(S(=O)(=O)N2CCCCC2)ccc1CC. The number of sulfonamides is 1. The van der Waals surface area contributed by atoms with Crippen LogP contribution in [-0.4, -0.2) is 32.4 Å². The number of hydrogen-bond donors (Lipinski definition) is 1. The van der Waals surface area contributed by atoms with Crippen LogP contribution in [0.2, 0.25) is 0 Å². The molecule has 1 aliphatic heterocycles. The fourth-order valence-corrected chi connectivity index (χ4v) is 4.35. The van der Waals surface area contributed by atoms with Gasteiger partial charge in [-0.25, -0.2) is 8.42 Å². The third-order valence-electron chi connectivity index (χ3n) is 4.08. The molecule has 2 rings (SSSR count). The second-order valence-electron chi connectivity index (χ2n) is 5.53. The lowest BCUT2D eigenvalue weighted by Gasteiger charge is -2.26. The zero-order valence-electron chi connectivity index (χ0n) is 13.1. The van der Waals surface area contributed by atoms with E-state index in [9.17, 15) is 8.42 Å². The summed E-state index contributed by atoms with van der Waals surface area (Å²) in [5.41, 5.74) is 2.31. The molecular weight excluding hydrogens is 284 g/mol. The molecule has 0 atom stereocenters. The molecule has 0 unspecified atom stereocenters. The van der Waals surface area contributed by atoms with Crippen LogP contribution < -0.4 is 5.32 Å². The summed E-state index contributed by atoms with van der Waals surface area (Å²) < 4.78 is 27.1. The molecule has 5 heteroatoms. The van der Waals surface area contributed by atoms with Crippen LogP contribution in [0.3, 0.4) is 0 Å². The van der Waals surface area contributed by atoms with Crippen LogP contribution in [0.15, 0.2) is 23.1 Å². The zero-order chi connectivity index (χ0) is 15.3. The van der Waals surface area contributed by atoms with Gasteiger partial charge in [0.25, 0.3) is 0 Å². The van der Waals surface area contributed by atoms with E-state index in [4.69, 9.17) is 0 Å². The molecule has 1 saturated heterocycles. The van der Waals surface area contributed by atoms with Crippen LogP contribution in [0.5, 0.6) is 0 Å². The van der Waals surface area contributed by atoms with Crippen molar-refractivity contribution in [3.8, 4) is 0 Å². The Morgan fingerprint density at radius 1 is 1.10 bits per heavy atom. The third-order valence-corrected chi connectivity index (χ3v) is 5.97. The maximum atomic E-state index is 12.7. The van der Waals surface area contributed by atoms with E-state index in [1.807, 2.05) is 12.1 Å². The highest BCUT2D eigenvalue weighted by Gasteiger charge is 2.26. The van der Waals surface area contributed by atoms with Gasteiger partial charge in [-0.3, -0.25) is 0 Å². The number of nitrogens with zero attached hydrogens (tertiary/aromatic N) is 1. The van der Waals surface area contributed by atoms with Crippen molar-refractivity contribution in [1.82, 2.24) is 9.62 Å². The predicted molar refractivity (Wildman–Crippen MR) is 85.8 cm³/mol. The van der Waals surface area contributed by atoms with Crippen molar-refractivity contribution in [2.24, 2.45) is 0 Å². The Labute approximate surface area is 128 Å².